The molecule has 0 saturated heterocycles. The van der Waals surface area contributed by atoms with Crippen molar-refractivity contribution in [1.82, 2.24) is 5.32 Å². The fourth-order valence-electron chi connectivity index (χ4n) is 1.80. The minimum Gasteiger partial charge on any atom is -0.312 e. The summed E-state index contributed by atoms with van der Waals surface area (Å²) in [7, 11) is 0. The second-order valence-corrected chi connectivity index (χ2v) is 6.91. The summed E-state index contributed by atoms with van der Waals surface area (Å²) >= 11 is 8.24. The van der Waals surface area contributed by atoms with Gasteiger partial charge in [0.2, 0.25) is 0 Å². The summed E-state index contributed by atoms with van der Waals surface area (Å²) < 4.78 is 0. The molecule has 0 amide bonds. The molecule has 0 radical (unpaired) electrons. The highest BCUT2D eigenvalue weighted by Crippen LogP contribution is 2.25. The number of benzene rings is 1. The van der Waals surface area contributed by atoms with Crippen LogP contribution in [0.3, 0.4) is 0 Å². The van der Waals surface area contributed by atoms with E-state index in [4.69, 9.17) is 11.6 Å². The Kier molecular flexibility index (Phi) is 8.60. The molecule has 1 rings (SSSR count). The first-order chi connectivity index (χ1) is 9.13. The van der Waals surface area contributed by atoms with Gasteiger partial charge >= 0.3 is 0 Å². The van der Waals surface area contributed by atoms with E-state index in [-0.39, 0.29) is 0 Å². The third-order valence-corrected chi connectivity index (χ3v) is 4.34. The van der Waals surface area contributed by atoms with Gasteiger partial charge in [-0.05, 0) is 42.3 Å². The van der Waals surface area contributed by atoms with E-state index in [0.717, 1.165) is 18.1 Å². The number of halogens is 1. The fraction of sp³-hybridized carbons (Fsp3) is 0.625. The van der Waals surface area contributed by atoms with Crippen LogP contribution in [0.2, 0.25) is 5.02 Å². The molecule has 0 unspecified atom stereocenters. The van der Waals surface area contributed by atoms with E-state index in [1.165, 1.54) is 35.5 Å². The first-order valence-electron chi connectivity index (χ1n) is 7.25. The molecule has 0 atom stereocenters. The number of hydrogen-bond acceptors (Lipinski definition) is 2. The lowest BCUT2D eigenvalue weighted by molar-refractivity contribution is 0.552. The zero-order valence-corrected chi connectivity index (χ0v) is 13.9. The third-order valence-electron chi connectivity index (χ3n) is 2.91. The topological polar surface area (TPSA) is 12.0 Å². The minimum atomic E-state index is 0.673. The predicted molar refractivity (Wildman–Crippen MR) is 88.2 cm³/mol. The number of unbranched alkanes of at least 4 members (excludes halogenated alkanes) is 2. The summed E-state index contributed by atoms with van der Waals surface area (Å²) in [5, 5.41) is 4.32. The van der Waals surface area contributed by atoms with Gasteiger partial charge in [0.1, 0.15) is 0 Å². The van der Waals surface area contributed by atoms with E-state index in [0.29, 0.717) is 5.92 Å². The lowest BCUT2D eigenvalue weighted by Crippen LogP contribution is -2.19. The summed E-state index contributed by atoms with van der Waals surface area (Å²) in [5.74, 6) is 1.86. The van der Waals surface area contributed by atoms with E-state index >= 15 is 0 Å². The lowest BCUT2D eigenvalue weighted by Gasteiger charge is -2.10. The molecule has 0 aliphatic heterocycles. The molecule has 0 heterocycles. The second-order valence-electron chi connectivity index (χ2n) is 5.33. The van der Waals surface area contributed by atoms with Crippen molar-refractivity contribution in [3.05, 3.63) is 28.8 Å². The van der Waals surface area contributed by atoms with Crippen molar-refractivity contribution >= 4 is 23.4 Å². The van der Waals surface area contributed by atoms with Crippen LogP contribution in [0, 0.1) is 5.92 Å². The summed E-state index contributed by atoms with van der Waals surface area (Å²) in [4.78, 5) is 1.29. The van der Waals surface area contributed by atoms with Crippen molar-refractivity contribution in [1.29, 1.82) is 0 Å². The van der Waals surface area contributed by atoms with E-state index in [9.17, 15) is 0 Å². The van der Waals surface area contributed by atoms with Crippen molar-refractivity contribution in [2.75, 3.05) is 12.3 Å². The molecule has 3 heteroatoms. The van der Waals surface area contributed by atoms with Gasteiger partial charge in [-0.3, -0.25) is 0 Å². The smallest absolute Gasteiger partial charge is 0.0462 e. The van der Waals surface area contributed by atoms with Gasteiger partial charge in [-0.2, -0.15) is 0 Å². The first kappa shape index (κ1) is 16.9. The van der Waals surface area contributed by atoms with Crippen LogP contribution in [0.1, 0.15) is 45.6 Å². The second kappa shape index (κ2) is 9.68. The third kappa shape index (κ3) is 7.24. The van der Waals surface area contributed by atoms with Gasteiger partial charge in [0.25, 0.3) is 0 Å². The molecular weight excluding hydrogens is 274 g/mol. The molecule has 0 aliphatic rings. The molecule has 0 aliphatic carbocycles. The Hall–Kier alpha value is -0.180. The van der Waals surface area contributed by atoms with Gasteiger partial charge in [0, 0.05) is 16.5 Å². The van der Waals surface area contributed by atoms with E-state index in [1.807, 2.05) is 11.8 Å². The Morgan fingerprint density at radius 2 is 2.05 bits per heavy atom. The highest BCUT2D eigenvalue weighted by Gasteiger charge is 2.03. The standard InChI is InChI=1S/C16H26ClNS/c1-4-5-6-9-19-15-8-7-14(16(17)10-15)12-18-11-13(2)3/h7-8,10,13,18H,4-6,9,11-12H2,1-3H3. The fourth-order valence-corrected chi connectivity index (χ4v) is 3.06. The number of rotatable bonds is 9. The van der Waals surface area contributed by atoms with Gasteiger partial charge in [-0.25, -0.2) is 0 Å². The van der Waals surface area contributed by atoms with E-state index in [2.05, 4.69) is 44.3 Å². The van der Waals surface area contributed by atoms with Gasteiger partial charge in [-0.1, -0.05) is 51.3 Å². The SMILES string of the molecule is CCCCCSc1ccc(CNCC(C)C)c(Cl)c1. The maximum Gasteiger partial charge on any atom is 0.0462 e. The van der Waals surface area contributed by atoms with Crippen LogP contribution in [-0.4, -0.2) is 12.3 Å². The lowest BCUT2D eigenvalue weighted by atomic mass is 10.2. The molecule has 0 spiro atoms. The van der Waals surface area contributed by atoms with E-state index in [1.54, 1.807) is 0 Å². The normalized spacial score (nSPS) is 11.2. The minimum absolute atomic E-state index is 0.673. The molecule has 108 valence electrons. The number of thioether (sulfide) groups is 1. The molecule has 0 aromatic heterocycles. The maximum absolute atomic E-state index is 6.33. The largest absolute Gasteiger partial charge is 0.312 e. The van der Waals surface area contributed by atoms with Crippen molar-refractivity contribution in [3.63, 3.8) is 0 Å². The Labute approximate surface area is 127 Å². The highest BCUT2D eigenvalue weighted by atomic mass is 35.5. The zero-order chi connectivity index (χ0) is 14.1. The van der Waals surface area contributed by atoms with Crippen molar-refractivity contribution < 1.29 is 0 Å². The number of hydrogen-bond donors (Lipinski definition) is 1. The van der Waals surface area contributed by atoms with Crippen molar-refractivity contribution in [2.24, 2.45) is 5.92 Å². The quantitative estimate of drug-likeness (QED) is 0.486. The van der Waals surface area contributed by atoms with Crippen molar-refractivity contribution in [3.8, 4) is 0 Å². The average Bonchev–Trinajstić information content (AvgIpc) is 2.37. The molecule has 19 heavy (non-hydrogen) atoms. The predicted octanol–water partition coefficient (Wildman–Crippen LogP) is 5.37. The van der Waals surface area contributed by atoms with Gasteiger partial charge in [0.15, 0.2) is 0 Å². The van der Waals surface area contributed by atoms with Gasteiger partial charge in [0.05, 0.1) is 0 Å². The van der Waals surface area contributed by atoms with Crippen LogP contribution in [-0.2, 0) is 6.54 Å². The van der Waals surface area contributed by atoms with Crippen LogP contribution in [0.5, 0.6) is 0 Å². The average molecular weight is 300 g/mol. The molecule has 1 aromatic rings. The van der Waals surface area contributed by atoms with Crippen LogP contribution < -0.4 is 5.32 Å². The molecule has 1 aromatic carbocycles. The maximum atomic E-state index is 6.33. The molecule has 1 N–H and O–H groups in total. The molecule has 0 bridgehead atoms. The summed E-state index contributed by atoms with van der Waals surface area (Å²) in [6, 6.07) is 6.44. The molecular formula is C16H26ClNS. The van der Waals surface area contributed by atoms with Crippen LogP contribution in [0.25, 0.3) is 0 Å². The Balaban J connectivity index is 2.40. The van der Waals surface area contributed by atoms with Gasteiger partial charge in [-0.15, -0.1) is 11.8 Å². The first-order valence-corrected chi connectivity index (χ1v) is 8.61. The Morgan fingerprint density at radius 3 is 2.68 bits per heavy atom. The van der Waals surface area contributed by atoms with Crippen LogP contribution in [0.4, 0.5) is 0 Å². The molecule has 0 fully saturated rings. The number of nitrogens with one attached hydrogen (secondary N) is 1. The summed E-state index contributed by atoms with van der Waals surface area (Å²) in [6.45, 7) is 8.55. The van der Waals surface area contributed by atoms with Crippen LogP contribution >= 0.6 is 23.4 Å². The summed E-state index contributed by atoms with van der Waals surface area (Å²) in [5.41, 5.74) is 1.19. The summed E-state index contributed by atoms with van der Waals surface area (Å²) in [6.07, 6.45) is 3.89. The van der Waals surface area contributed by atoms with E-state index < -0.39 is 0 Å². The zero-order valence-electron chi connectivity index (χ0n) is 12.3. The highest BCUT2D eigenvalue weighted by molar-refractivity contribution is 7.99. The Bertz CT molecular complexity index is 366. The molecule has 1 nitrogen and oxygen atoms in total. The van der Waals surface area contributed by atoms with Crippen LogP contribution in [0.15, 0.2) is 23.1 Å². The molecule has 0 saturated carbocycles. The van der Waals surface area contributed by atoms with Crippen molar-refractivity contribution in [2.45, 2.75) is 51.5 Å². The monoisotopic (exact) mass is 299 g/mol. The Morgan fingerprint density at radius 1 is 1.26 bits per heavy atom. The van der Waals surface area contributed by atoms with Gasteiger partial charge < -0.3 is 5.32 Å².